The van der Waals surface area contributed by atoms with Crippen LogP contribution in [0.3, 0.4) is 0 Å². The number of hydrogen-bond donors (Lipinski definition) is 1. The molecule has 148 valence electrons. The Morgan fingerprint density at radius 3 is 2.14 bits per heavy atom. The second kappa shape index (κ2) is 10.1. The Morgan fingerprint density at radius 1 is 0.828 bits per heavy atom. The van der Waals surface area contributed by atoms with Gasteiger partial charge in [0.15, 0.2) is 0 Å². The highest BCUT2D eigenvalue weighted by molar-refractivity contribution is 6.04. The number of hydrogen-bond acceptors (Lipinski definition) is 4. The average molecular weight is 389 g/mol. The van der Waals surface area contributed by atoms with Crippen LogP contribution in [-0.4, -0.2) is 18.5 Å². The zero-order valence-corrected chi connectivity index (χ0v) is 16.3. The molecule has 5 heteroatoms. The summed E-state index contributed by atoms with van der Waals surface area (Å²) in [4.78, 5) is 23.9. The number of amides is 1. The predicted octanol–water partition coefficient (Wildman–Crippen LogP) is 5.23. The van der Waals surface area contributed by atoms with E-state index < -0.39 is 0 Å². The SMILES string of the molecule is CCOC(=O)CCc1ccc(NC(=O)c2ccc(Oc3ccccc3)cc2)cc1. The lowest BCUT2D eigenvalue weighted by Gasteiger charge is -2.08. The van der Waals surface area contributed by atoms with Crippen LogP contribution in [0.25, 0.3) is 0 Å². The first-order chi connectivity index (χ1) is 14.1. The van der Waals surface area contributed by atoms with Gasteiger partial charge in [0.05, 0.1) is 6.61 Å². The Balaban J connectivity index is 1.53. The number of aryl methyl sites for hydroxylation is 1. The maximum atomic E-state index is 12.4. The second-order valence-electron chi connectivity index (χ2n) is 6.40. The number of carbonyl (C=O) groups excluding carboxylic acids is 2. The molecular weight excluding hydrogens is 366 g/mol. The third-order valence-corrected chi connectivity index (χ3v) is 4.23. The largest absolute Gasteiger partial charge is 0.466 e. The van der Waals surface area contributed by atoms with Crippen molar-refractivity contribution in [1.82, 2.24) is 0 Å². The lowest BCUT2D eigenvalue weighted by molar-refractivity contribution is -0.143. The summed E-state index contributed by atoms with van der Waals surface area (Å²) in [6, 6.07) is 23.9. The Hall–Kier alpha value is -3.60. The van der Waals surface area contributed by atoms with Gasteiger partial charge < -0.3 is 14.8 Å². The van der Waals surface area contributed by atoms with Crippen LogP contribution in [0.2, 0.25) is 0 Å². The highest BCUT2D eigenvalue weighted by Crippen LogP contribution is 2.21. The number of nitrogens with one attached hydrogen (secondary N) is 1. The number of ether oxygens (including phenoxy) is 2. The molecule has 0 bridgehead atoms. The number of benzene rings is 3. The molecule has 5 nitrogen and oxygen atoms in total. The zero-order valence-electron chi connectivity index (χ0n) is 16.3. The number of esters is 1. The summed E-state index contributed by atoms with van der Waals surface area (Å²) < 4.78 is 10.7. The molecule has 1 N–H and O–H groups in total. The van der Waals surface area contributed by atoms with Crippen LogP contribution in [0.4, 0.5) is 5.69 Å². The fourth-order valence-electron chi connectivity index (χ4n) is 2.74. The fourth-order valence-corrected chi connectivity index (χ4v) is 2.74. The van der Waals surface area contributed by atoms with Gasteiger partial charge in [0.1, 0.15) is 11.5 Å². The van der Waals surface area contributed by atoms with E-state index in [-0.39, 0.29) is 11.9 Å². The van der Waals surface area contributed by atoms with E-state index in [1.165, 1.54) is 0 Å². The quantitative estimate of drug-likeness (QED) is 0.536. The Bertz CT molecular complexity index is 935. The third kappa shape index (κ3) is 6.21. The standard InChI is InChI=1S/C24H23NO4/c1-2-28-23(26)17-10-18-8-13-20(14-9-18)25-24(27)19-11-15-22(16-12-19)29-21-6-4-3-5-7-21/h3-9,11-16H,2,10,17H2,1H3,(H,25,27). The van der Waals surface area contributed by atoms with Crippen molar-refractivity contribution < 1.29 is 19.1 Å². The highest BCUT2D eigenvalue weighted by Gasteiger charge is 2.08. The highest BCUT2D eigenvalue weighted by atomic mass is 16.5. The molecule has 0 aliphatic heterocycles. The molecule has 29 heavy (non-hydrogen) atoms. The van der Waals surface area contributed by atoms with Crippen LogP contribution in [0.15, 0.2) is 78.9 Å². The van der Waals surface area contributed by atoms with Crippen molar-refractivity contribution in [2.75, 3.05) is 11.9 Å². The molecule has 0 aliphatic carbocycles. The minimum atomic E-state index is -0.204. The summed E-state index contributed by atoms with van der Waals surface area (Å²) in [5.41, 5.74) is 2.25. The van der Waals surface area contributed by atoms with E-state index in [1.807, 2.05) is 54.6 Å². The lowest BCUT2D eigenvalue weighted by atomic mass is 10.1. The van der Waals surface area contributed by atoms with Crippen LogP contribution < -0.4 is 10.1 Å². The molecule has 0 atom stereocenters. The number of para-hydroxylation sites is 1. The Morgan fingerprint density at radius 2 is 1.48 bits per heavy atom. The minimum absolute atomic E-state index is 0.199. The van der Waals surface area contributed by atoms with Crippen molar-refractivity contribution in [2.24, 2.45) is 0 Å². The van der Waals surface area contributed by atoms with Gasteiger partial charge in [-0.25, -0.2) is 0 Å². The fraction of sp³-hybridized carbons (Fsp3) is 0.167. The van der Waals surface area contributed by atoms with Gasteiger partial charge in [-0.2, -0.15) is 0 Å². The number of carbonyl (C=O) groups is 2. The molecule has 0 aliphatic rings. The molecule has 0 heterocycles. The molecule has 0 spiro atoms. The van der Waals surface area contributed by atoms with Gasteiger partial charge in [0.25, 0.3) is 5.91 Å². The van der Waals surface area contributed by atoms with Crippen molar-refractivity contribution in [2.45, 2.75) is 19.8 Å². The first kappa shape index (κ1) is 20.1. The van der Waals surface area contributed by atoms with Gasteiger partial charge >= 0.3 is 5.97 Å². The average Bonchev–Trinajstić information content (AvgIpc) is 2.75. The van der Waals surface area contributed by atoms with E-state index >= 15 is 0 Å². The molecule has 1 amide bonds. The van der Waals surface area contributed by atoms with Crippen LogP contribution in [-0.2, 0) is 16.0 Å². The van der Waals surface area contributed by atoms with Gasteiger partial charge in [-0.3, -0.25) is 9.59 Å². The Labute approximate surface area is 170 Å². The summed E-state index contributed by atoms with van der Waals surface area (Å²) in [7, 11) is 0. The van der Waals surface area contributed by atoms with Crippen molar-refractivity contribution in [3.8, 4) is 11.5 Å². The molecule has 0 saturated heterocycles. The molecule has 0 saturated carbocycles. The summed E-state index contributed by atoms with van der Waals surface area (Å²) >= 11 is 0. The first-order valence-electron chi connectivity index (χ1n) is 9.53. The molecule has 0 aromatic heterocycles. The first-order valence-corrected chi connectivity index (χ1v) is 9.53. The van der Waals surface area contributed by atoms with E-state index in [2.05, 4.69) is 5.32 Å². The van der Waals surface area contributed by atoms with Gasteiger partial charge in [0.2, 0.25) is 0 Å². The van der Waals surface area contributed by atoms with E-state index in [0.717, 1.165) is 11.3 Å². The summed E-state index contributed by atoms with van der Waals surface area (Å²) in [5, 5.41) is 2.87. The molecule has 3 aromatic rings. The summed E-state index contributed by atoms with van der Waals surface area (Å²) in [6.07, 6.45) is 0.951. The Kier molecular flexibility index (Phi) is 7.00. The predicted molar refractivity (Wildman–Crippen MR) is 112 cm³/mol. The zero-order chi connectivity index (χ0) is 20.5. The topological polar surface area (TPSA) is 64.6 Å². The van der Waals surface area contributed by atoms with Crippen LogP contribution in [0, 0.1) is 0 Å². The number of rotatable bonds is 8. The van der Waals surface area contributed by atoms with Crippen molar-refractivity contribution in [3.05, 3.63) is 90.0 Å². The second-order valence-corrected chi connectivity index (χ2v) is 6.40. The molecule has 0 unspecified atom stereocenters. The maximum Gasteiger partial charge on any atom is 0.306 e. The maximum absolute atomic E-state index is 12.4. The van der Waals surface area contributed by atoms with Crippen molar-refractivity contribution in [1.29, 1.82) is 0 Å². The normalized spacial score (nSPS) is 10.2. The van der Waals surface area contributed by atoms with E-state index in [9.17, 15) is 9.59 Å². The van der Waals surface area contributed by atoms with Crippen molar-refractivity contribution >= 4 is 17.6 Å². The summed E-state index contributed by atoms with van der Waals surface area (Å²) in [5.74, 6) is 1.01. The lowest BCUT2D eigenvalue weighted by Crippen LogP contribution is -2.11. The van der Waals surface area contributed by atoms with Crippen LogP contribution in [0.5, 0.6) is 11.5 Å². The van der Waals surface area contributed by atoms with Gasteiger partial charge in [-0.1, -0.05) is 30.3 Å². The monoisotopic (exact) mass is 389 g/mol. The van der Waals surface area contributed by atoms with Crippen LogP contribution >= 0.6 is 0 Å². The van der Waals surface area contributed by atoms with Gasteiger partial charge in [0, 0.05) is 17.7 Å². The summed E-state index contributed by atoms with van der Waals surface area (Å²) in [6.45, 7) is 2.18. The van der Waals surface area contributed by atoms with Gasteiger partial charge in [-0.05, 0) is 67.4 Å². The van der Waals surface area contributed by atoms with Crippen molar-refractivity contribution in [3.63, 3.8) is 0 Å². The molecule has 3 rings (SSSR count). The van der Waals surface area contributed by atoms with Crippen LogP contribution in [0.1, 0.15) is 29.3 Å². The number of anilines is 1. The molecule has 3 aromatic carbocycles. The van der Waals surface area contributed by atoms with E-state index in [0.29, 0.717) is 36.4 Å². The van der Waals surface area contributed by atoms with E-state index in [1.54, 1.807) is 31.2 Å². The minimum Gasteiger partial charge on any atom is -0.466 e. The molecule has 0 fully saturated rings. The third-order valence-electron chi connectivity index (χ3n) is 4.23. The van der Waals surface area contributed by atoms with E-state index in [4.69, 9.17) is 9.47 Å². The molecule has 0 radical (unpaired) electrons. The molecular formula is C24H23NO4. The smallest absolute Gasteiger partial charge is 0.306 e. The van der Waals surface area contributed by atoms with Gasteiger partial charge in [-0.15, -0.1) is 0 Å².